The van der Waals surface area contributed by atoms with Crippen molar-refractivity contribution in [2.75, 3.05) is 0 Å². The van der Waals surface area contributed by atoms with Gasteiger partial charge in [-0.3, -0.25) is 20.2 Å². The average Bonchev–Trinajstić information content (AvgIpc) is 1.86. The Labute approximate surface area is 67.2 Å². The van der Waals surface area contributed by atoms with Gasteiger partial charge < -0.3 is 0 Å². The van der Waals surface area contributed by atoms with E-state index in [0.717, 1.165) is 0 Å². The average molecular weight is 208 g/mol. The Morgan fingerprint density at radius 2 is 1.42 bits per heavy atom. The van der Waals surface area contributed by atoms with E-state index in [1.54, 1.807) is 0 Å². The highest BCUT2D eigenvalue weighted by molar-refractivity contribution is 6.22. The molecular formula is C2ClF3N2O4. The number of rotatable bonds is 3. The van der Waals surface area contributed by atoms with Crippen LogP contribution in [0.2, 0.25) is 0 Å². The van der Waals surface area contributed by atoms with Crippen molar-refractivity contribution in [3.8, 4) is 0 Å². The number of hydrogen-bond acceptors (Lipinski definition) is 4. The maximum Gasteiger partial charge on any atom is 0.633 e. The zero-order chi connectivity index (χ0) is 10.2. The smallest absolute Gasteiger partial charge is 0.260 e. The van der Waals surface area contributed by atoms with E-state index in [9.17, 15) is 33.4 Å². The van der Waals surface area contributed by atoms with Gasteiger partial charge in [-0.25, -0.2) is 0 Å². The van der Waals surface area contributed by atoms with Crippen LogP contribution in [0.1, 0.15) is 0 Å². The summed E-state index contributed by atoms with van der Waals surface area (Å²) in [5, 5.41) is 14.0. The number of halogens is 4. The molecule has 0 aromatic heterocycles. The number of hydrogen-bond donors (Lipinski definition) is 0. The Kier molecular flexibility index (Phi) is 2.48. The van der Waals surface area contributed by atoms with E-state index < -0.39 is 21.1 Å². The van der Waals surface area contributed by atoms with Crippen LogP contribution in [-0.2, 0) is 0 Å². The molecule has 0 spiro atoms. The molecule has 0 N–H and O–H groups in total. The van der Waals surface area contributed by atoms with E-state index in [2.05, 4.69) is 11.6 Å². The van der Waals surface area contributed by atoms with Crippen LogP contribution in [0.15, 0.2) is 0 Å². The molecule has 1 unspecified atom stereocenters. The minimum atomic E-state index is -5.46. The summed E-state index contributed by atoms with van der Waals surface area (Å²) in [6.45, 7) is 0. The van der Waals surface area contributed by atoms with Gasteiger partial charge in [-0.1, -0.05) is 0 Å². The topological polar surface area (TPSA) is 86.3 Å². The minimum absolute atomic E-state index is 2.28. The molecule has 0 aromatic rings. The van der Waals surface area contributed by atoms with Gasteiger partial charge in [0.05, 0.1) is 4.92 Å². The van der Waals surface area contributed by atoms with E-state index in [1.165, 1.54) is 0 Å². The largest absolute Gasteiger partial charge is 0.633 e. The van der Waals surface area contributed by atoms with Crippen LogP contribution >= 0.6 is 11.6 Å². The lowest BCUT2D eigenvalue weighted by atomic mass is 10.5. The monoisotopic (exact) mass is 208 g/mol. The molecule has 1 atom stereocenters. The maximum absolute atomic E-state index is 12.1. The van der Waals surface area contributed by atoms with Crippen molar-refractivity contribution in [3.63, 3.8) is 0 Å². The molecule has 12 heavy (non-hydrogen) atoms. The normalized spacial score (nSPS) is 16.7. The second kappa shape index (κ2) is 2.73. The van der Waals surface area contributed by atoms with E-state index in [-0.39, 0.29) is 0 Å². The van der Waals surface area contributed by atoms with Crippen LogP contribution in [0.4, 0.5) is 13.2 Å². The van der Waals surface area contributed by atoms with Gasteiger partial charge >= 0.3 is 11.3 Å². The molecule has 0 fully saturated rings. The summed E-state index contributed by atoms with van der Waals surface area (Å²) in [6.07, 6.45) is 0. The fraction of sp³-hybridized carbons (Fsp3) is 1.00. The van der Waals surface area contributed by atoms with Gasteiger partial charge in [-0.2, -0.15) is 0 Å². The molecule has 6 nitrogen and oxygen atoms in total. The predicted octanol–water partition coefficient (Wildman–Crippen LogP) is 0.995. The van der Waals surface area contributed by atoms with E-state index in [4.69, 9.17) is 0 Å². The molecule has 0 aliphatic carbocycles. The standard InChI is InChI=1S/C2ClF3N2O4/c3-1(4,7(9)10)2(5,6)8(11)12. The summed E-state index contributed by atoms with van der Waals surface area (Å²) >= 11 is 4.00. The minimum Gasteiger partial charge on any atom is -0.260 e. The van der Waals surface area contributed by atoms with Crippen LogP contribution in [0.5, 0.6) is 0 Å². The highest BCUT2D eigenvalue weighted by Crippen LogP contribution is 2.36. The van der Waals surface area contributed by atoms with Crippen LogP contribution in [0.3, 0.4) is 0 Å². The van der Waals surface area contributed by atoms with Crippen LogP contribution in [0.25, 0.3) is 0 Å². The fourth-order valence-electron chi connectivity index (χ4n) is 0.220. The van der Waals surface area contributed by atoms with Crippen molar-refractivity contribution in [1.29, 1.82) is 0 Å². The summed E-state index contributed by atoms with van der Waals surface area (Å²) in [6, 6.07) is -5.46. The number of nitrogens with zero attached hydrogens (tertiary/aromatic N) is 2. The Hall–Kier alpha value is -1.12. The summed E-state index contributed by atoms with van der Waals surface area (Å²) in [5.74, 6) is 0. The van der Waals surface area contributed by atoms with E-state index in [1.807, 2.05) is 0 Å². The Morgan fingerprint density at radius 3 is 1.50 bits per heavy atom. The summed E-state index contributed by atoms with van der Waals surface area (Å²) in [4.78, 5) is 14.1. The van der Waals surface area contributed by atoms with Gasteiger partial charge in [0.15, 0.2) is 0 Å². The maximum atomic E-state index is 12.1. The first-order valence-corrected chi connectivity index (χ1v) is 2.56. The first-order chi connectivity index (χ1) is 5.14. The van der Waals surface area contributed by atoms with Crippen molar-refractivity contribution in [3.05, 3.63) is 20.2 Å². The predicted molar refractivity (Wildman–Crippen MR) is 28.6 cm³/mol. The second-order valence-corrected chi connectivity index (χ2v) is 2.10. The first kappa shape index (κ1) is 10.9. The van der Waals surface area contributed by atoms with E-state index in [0.29, 0.717) is 0 Å². The summed E-state index contributed by atoms with van der Waals surface area (Å²) in [7, 11) is 0. The van der Waals surface area contributed by atoms with Gasteiger partial charge in [0, 0.05) is 11.6 Å². The number of alkyl halides is 4. The van der Waals surface area contributed by atoms with Gasteiger partial charge in [0.25, 0.3) is 0 Å². The molecule has 0 radical (unpaired) electrons. The molecule has 70 valence electrons. The lowest BCUT2D eigenvalue weighted by Gasteiger charge is -2.11. The molecule has 0 saturated heterocycles. The summed E-state index contributed by atoms with van der Waals surface area (Å²) in [5.41, 5.74) is 0. The molecule has 0 amide bonds. The van der Waals surface area contributed by atoms with E-state index >= 15 is 0 Å². The quantitative estimate of drug-likeness (QED) is 0.300. The Balaban J connectivity index is 5.01. The third kappa shape index (κ3) is 1.40. The van der Waals surface area contributed by atoms with Crippen LogP contribution in [0, 0.1) is 20.2 Å². The molecule has 10 heteroatoms. The third-order valence-corrected chi connectivity index (χ3v) is 1.19. The first-order valence-electron chi connectivity index (χ1n) is 2.18. The molecule has 0 aliphatic rings. The van der Waals surface area contributed by atoms with Crippen LogP contribution < -0.4 is 0 Å². The molecule has 0 saturated carbocycles. The molecular weight excluding hydrogens is 208 g/mol. The lowest BCUT2D eigenvalue weighted by molar-refractivity contribution is -0.741. The lowest BCUT2D eigenvalue weighted by Crippen LogP contribution is -2.51. The van der Waals surface area contributed by atoms with Crippen molar-refractivity contribution in [2.45, 2.75) is 11.3 Å². The molecule has 0 aliphatic heterocycles. The fourth-order valence-corrected chi connectivity index (χ4v) is 0.289. The van der Waals surface area contributed by atoms with Gasteiger partial charge in [0.1, 0.15) is 4.92 Å². The second-order valence-electron chi connectivity index (χ2n) is 1.60. The highest BCUT2D eigenvalue weighted by atomic mass is 35.5. The zero-order valence-corrected chi connectivity index (χ0v) is 5.80. The molecule has 0 bridgehead atoms. The molecule has 0 aromatic carbocycles. The van der Waals surface area contributed by atoms with Gasteiger partial charge in [-0.15, -0.1) is 13.2 Å². The van der Waals surface area contributed by atoms with Gasteiger partial charge in [-0.05, 0) is 0 Å². The molecule has 0 rings (SSSR count). The van der Waals surface area contributed by atoms with Crippen molar-refractivity contribution in [2.24, 2.45) is 0 Å². The SMILES string of the molecule is O=[N+]([O-])C(F)(F)C(F)(Cl)[N+](=O)[O-]. The third-order valence-electron chi connectivity index (χ3n) is 0.820. The highest BCUT2D eigenvalue weighted by Gasteiger charge is 2.77. The summed E-state index contributed by atoms with van der Waals surface area (Å²) < 4.78 is 36.0. The van der Waals surface area contributed by atoms with Crippen molar-refractivity contribution < 1.29 is 23.0 Å². The Morgan fingerprint density at radius 1 is 1.08 bits per heavy atom. The van der Waals surface area contributed by atoms with Gasteiger partial charge in [0.2, 0.25) is 0 Å². The molecule has 0 heterocycles. The van der Waals surface area contributed by atoms with Crippen molar-refractivity contribution >= 4 is 11.6 Å². The van der Waals surface area contributed by atoms with Crippen molar-refractivity contribution in [1.82, 2.24) is 0 Å². The Bertz CT molecular complexity index is 206. The zero-order valence-electron chi connectivity index (χ0n) is 5.04. The number of nitro groups is 2. The van der Waals surface area contributed by atoms with Crippen LogP contribution in [-0.4, -0.2) is 21.1 Å².